The highest BCUT2D eigenvalue weighted by Crippen LogP contribution is 2.36. The van der Waals surface area contributed by atoms with Crippen LogP contribution in [0.15, 0.2) is 47.0 Å². The van der Waals surface area contributed by atoms with E-state index in [0.717, 1.165) is 35.2 Å². The minimum atomic E-state index is -0.150. The summed E-state index contributed by atoms with van der Waals surface area (Å²) in [5.74, 6) is 1.49. The molecule has 1 heterocycles. The van der Waals surface area contributed by atoms with Gasteiger partial charge >= 0.3 is 0 Å². The third kappa shape index (κ3) is 3.25. The minimum Gasteiger partial charge on any atom is -0.339 e. The number of anilines is 1. The van der Waals surface area contributed by atoms with Crippen molar-refractivity contribution in [1.29, 1.82) is 0 Å². The van der Waals surface area contributed by atoms with Crippen LogP contribution in [0.2, 0.25) is 0 Å². The quantitative estimate of drug-likeness (QED) is 0.731. The van der Waals surface area contributed by atoms with Gasteiger partial charge < -0.3 is 9.84 Å². The maximum Gasteiger partial charge on any atom is 0.255 e. The number of rotatable bonds is 4. The van der Waals surface area contributed by atoms with Gasteiger partial charge in [-0.25, -0.2) is 0 Å². The third-order valence-corrected chi connectivity index (χ3v) is 4.92. The van der Waals surface area contributed by atoms with Gasteiger partial charge in [0.15, 0.2) is 0 Å². The van der Waals surface area contributed by atoms with Gasteiger partial charge in [0, 0.05) is 22.7 Å². The Morgan fingerprint density at radius 1 is 1.15 bits per heavy atom. The number of aryl methyl sites for hydroxylation is 2. The molecule has 26 heavy (non-hydrogen) atoms. The largest absolute Gasteiger partial charge is 0.339 e. The number of nitrogens with zero attached hydrogens (tertiary/aromatic N) is 2. The minimum absolute atomic E-state index is 0.150. The van der Waals surface area contributed by atoms with Crippen LogP contribution in [-0.2, 0) is 0 Å². The maximum absolute atomic E-state index is 12.7. The number of hydrogen-bond acceptors (Lipinski definition) is 4. The molecule has 4 rings (SSSR count). The van der Waals surface area contributed by atoms with Gasteiger partial charge in [-0.05, 0) is 56.0 Å². The molecule has 5 heteroatoms. The van der Waals surface area contributed by atoms with E-state index in [1.54, 1.807) is 12.1 Å². The Bertz CT molecular complexity index is 957. The maximum atomic E-state index is 12.7. The van der Waals surface area contributed by atoms with Crippen LogP contribution in [0.4, 0.5) is 5.69 Å². The Morgan fingerprint density at radius 3 is 2.77 bits per heavy atom. The van der Waals surface area contributed by atoms with E-state index in [9.17, 15) is 4.79 Å². The summed E-state index contributed by atoms with van der Waals surface area (Å²) >= 11 is 0. The van der Waals surface area contributed by atoms with E-state index in [4.69, 9.17) is 4.52 Å². The number of carbonyl (C=O) groups is 1. The summed E-state index contributed by atoms with van der Waals surface area (Å²) in [7, 11) is 0. The number of amides is 1. The molecule has 0 saturated heterocycles. The van der Waals surface area contributed by atoms with Gasteiger partial charge in [-0.1, -0.05) is 35.8 Å². The van der Waals surface area contributed by atoms with Crippen LogP contribution in [0.1, 0.15) is 52.6 Å². The molecular weight excluding hydrogens is 326 g/mol. The Balaban J connectivity index is 1.56. The molecule has 1 aliphatic carbocycles. The molecule has 0 unspecified atom stereocenters. The Hall–Kier alpha value is -2.95. The predicted octanol–water partition coefficient (Wildman–Crippen LogP) is 4.87. The predicted molar refractivity (Wildman–Crippen MR) is 100 cm³/mol. The molecule has 0 atom stereocenters. The van der Waals surface area contributed by atoms with Crippen molar-refractivity contribution in [3.8, 4) is 11.4 Å². The SMILES string of the molecule is Cc1ccc(C)c(NC(=O)c2cccc(-c3noc(C4CCC4)n3)c2)c1. The lowest BCUT2D eigenvalue weighted by atomic mass is 9.85. The molecule has 1 aliphatic rings. The smallest absolute Gasteiger partial charge is 0.255 e. The summed E-state index contributed by atoms with van der Waals surface area (Å²) in [6.45, 7) is 3.98. The van der Waals surface area contributed by atoms with E-state index in [1.807, 2.05) is 44.2 Å². The molecule has 3 aromatic rings. The van der Waals surface area contributed by atoms with Crippen molar-refractivity contribution in [1.82, 2.24) is 10.1 Å². The monoisotopic (exact) mass is 347 g/mol. The zero-order chi connectivity index (χ0) is 18.1. The summed E-state index contributed by atoms with van der Waals surface area (Å²) in [5.41, 5.74) is 4.32. The number of carbonyl (C=O) groups excluding carboxylic acids is 1. The standard InChI is InChI=1S/C21H21N3O2/c1-13-9-10-14(2)18(11-13)22-20(25)17-8-4-7-16(12-17)19-23-21(26-24-19)15-5-3-6-15/h4,7-12,15H,3,5-6H2,1-2H3,(H,22,25). The van der Waals surface area contributed by atoms with Crippen LogP contribution < -0.4 is 5.32 Å². The van der Waals surface area contributed by atoms with Crippen molar-refractivity contribution in [2.45, 2.75) is 39.0 Å². The average molecular weight is 347 g/mol. The number of nitrogens with one attached hydrogen (secondary N) is 1. The fourth-order valence-electron chi connectivity index (χ4n) is 3.04. The third-order valence-electron chi connectivity index (χ3n) is 4.92. The first-order chi connectivity index (χ1) is 12.6. The van der Waals surface area contributed by atoms with Crippen LogP contribution >= 0.6 is 0 Å². The summed E-state index contributed by atoms with van der Waals surface area (Å²) in [4.78, 5) is 17.2. The van der Waals surface area contributed by atoms with Crippen LogP contribution in [-0.4, -0.2) is 16.0 Å². The normalized spacial score (nSPS) is 14.1. The summed E-state index contributed by atoms with van der Waals surface area (Å²) in [5, 5.41) is 7.07. The molecule has 0 radical (unpaired) electrons. The highest BCUT2D eigenvalue weighted by molar-refractivity contribution is 6.05. The summed E-state index contributed by atoms with van der Waals surface area (Å²) in [6, 6.07) is 13.3. The van der Waals surface area contributed by atoms with Crippen molar-refractivity contribution in [2.75, 3.05) is 5.32 Å². The molecular formula is C21H21N3O2. The zero-order valence-electron chi connectivity index (χ0n) is 15.0. The molecule has 1 N–H and O–H groups in total. The van der Waals surface area contributed by atoms with Crippen LogP contribution in [0, 0.1) is 13.8 Å². The van der Waals surface area contributed by atoms with Crippen LogP contribution in [0.25, 0.3) is 11.4 Å². The second-order valence-corrected chi connectivity index (χ2v) is 6.94. The van der Waals surface area contributed by atoms with Gasteiger partial charge in [0.05, 0.1) is 0 Å². The zero-order valence-corrected chi connectivity index (χ0v) is 15.0. The highest BCUT2D eigenvalue weighted by Gasteiger charge is 2.25. The summed E-state index contributed by atoms with van der Waals surface area (Å²) < 4.78 is 5.39. The first-order valence-electron chi connectivity index (χ1n) is 8.93. The number of aromatic nitrogens is 2. The molecule has 0 spiro atoms. The fraction of sp³-hybridized carbons (Fsp3) is 0.286. The molecule has 1 fully saturated rings. The lowest BCUT2D eigenvalue weighted by Crippen LogP contribution is -2.13. The van der Waals surface area contributed by atoms with E-state index >= 15 is 0 Å². The van der Waals surface area contributed by atoms with Gasteiger partial charge in [-0.2, -0.15) is 4.98 Å². The van der Waals surface area contributed by atoms with Gasteiger partial charge in [-0.3, -0.25) is 4.79 Å². The molecule has 1 amide bonds. The molecule has 1 saturated carbocycles. The van der Waals surface area contributed by atoms with Gasteiger partial charge in [0.1, 0.15) is 0 Å². The lowest BCUT2D eigenvalue weighted by Gasteiger charge is -2.20. The van der Waals surface area contributed by atoms with Crippen molar-refractivity contribution in [2.24, 2.45) is 0 Å². The Labute approximate surface area is 152 Å². The molecule has 2 aromatic carbocycles. The molecule has 0 aliphatic heterocycles. The molecule has 132 valence electrons. The topological polar surface area (TPSA) is 68.0 Å². The second kappa shape index (κ2) is 6.75. The van der Waals surface area contributed by atoms with Gasteiger partial charge in [0.2, 0.25) is 11.7 Å². The van der Waals surface area contributed by atoms with E-state index in [1.165, 1.54) is 6.42 Å². The molecule has 5 nitrogen and oxygen atoms in total. The van der Waals surface area contributed by atoms with E-state index in [-0.39, 0.29) is 5.91 Å². The average Bonchev–Trinajstić information content (AvgIpc) is 3.06. The van der Waals surface area contributed by atoms with Gasteiger partial charge in [-0.15, -0.1) is 0 Å². The van der Waals surface area contributed by atoms with Crippen LogP contribution in [0.5, 0.6) is 0 Å². The van der Waals surface area contributed by atoms with E-state index in [2.05, 4.69) is 15.5 Å². The van der Waals surface area contributed by atoms with E-state index in [0.29, 0.717) is 23.2 Å². The number of hydrogen-bond donors (Lipinski definition) is 1. The Kier molecular flexibility index (Phi) is 4.29. The van der Waals surface area contributed by atoms with Crippen molar-refractivity contribution < 1.29 is 9.32 Å². The highest BCUT2D eigenvalue weighted by atomic mass is 16.5. The van der Waals surface area contributed by atoms with Crippen LogP contribution in [0.3, 0.4) is 0 Å². The Morgan fingerprint density at radius 2 is 2.00 bits per heavy atom. The van der Waals surface area contributed by atoms with Crippen molar-refractivity contribution in [3.05, 3.63) is 65.0 Å². The van der Waals surface area contributed by atoms with Crippen molar-refractivity contribution >= 4 is 11.6 Å². The second-order valence-electron chi connectivity index (χ2n) is 6.94. The summed E-state index contributed by atoms with van der Waals surface area (Å²) in [6.07, 6.45) is 3.44. The van der Waals surface area contributed by atoms with Gasteiger partial charge in [0.25, 0.3) is 5.91 Å². The fourth-order valence-corrected chi connectivity index (χ4v) is 3.04. The van der Waals surface area contributed by atoms with E-state index < -0.39 is 0 Å². The first-order valence-corrected chi connectivity index (χ1v) is 8.93. The first kappa shape index (κ1) is 16.5. The molecule has 0 bridgehead atoms. The van der Waals surface area contributed by atoms with Crippen molar-refractivity contribution in [3.63, 3.8) is 0 Å². The molecule has 1 aromatic heterocycles. The lowest BCUT2D eigenvalue weighted by molar-refractivity contribution is 0.102. The number of benzene rings is 2.